The maximum absolute atomic E-state index is 13.2. The zero-order valence-corrected chi connectivity index (χ0v) is 13.9. The molecule has 4 nitrogen and oxygen atoms in total. The van der Waals surface area contributed by atoms with Gasteiger partial charge in [0.15, 0.2) is 0 Å². The van der Waals surface area contributed by atoms with Gasteiger partial charge in [-0.25, -0.2) is 4.39 Å². The van der Waals surface area contributed by atoms with E-state index in [0.29, 0.717) is 28.5 Å². The van der Waals surface area contributed by atoms with Crippen LogP contribution in [0.3, 0.4) is 0 Å². The van der Waals surface area contributed by atoms with Crippen LogP contribution in [0.4, 0.5) is 15.8 Å². The summed E-state index contributed by atoms with van der Waals surface area (Å²) in [5.41, 5.74) is 2.39. The van der Waals surface area contributed by atoms with Crippen LogP contribution in [0.25, 0.3) is 0 Å². The van der Waals surface area contributed by atoms with Gasteiger partial charge in [-0.1, -0.05) is 35.9 Å². The van der Waals surface area contributed by atoms with Crippen LogP contribution >= 0.6 is 11.6 Å². The van der Waals surface area contributed by atoms with Crippen molar-refractivity contribution in [3.8, 4) is 0 Å². The summed E-state index contributed by atoms with van der Waals surface area (Å²) in [5, 5.41) is 6.49. The first-order valence-electron chi connectivity index (χ1n) is 7.61. The Kier molecular flexibility index (Phi) is 5.26. The van der Waals surface area contributed by atoms with E-state index in [1.54, 1.807) is 18.3 Å². The molecule has 0 aliphatic carbocycles. The van der Waals surface area contributed by atoms with E-state index in [-0.39, 0.29) is 5.91 Å². The molecule has 2 N–H and O–H groups in total. The van der Waals surface area contributed by atoms with Crippen LogP contribution in [0.5, 0.6) is 0 Å². The smallest absolute Gasteiger partial charge is 0.257 e. The molecule has 0 fully saturated rings. The van der Waals surface area contributed by atoms with Gasteiger partial charge in [-0.2, -0.15) is 0 Å². The van der Waals surface area contributed by atoms with Gasteiger partial charge in [-0.3, -0.25) is 9.78 Å². The molecule has 0 atom stereocenters. The van der Waals surface area contributed by atoms with Gasteiger partial charge < -0.3 is 10.6 Å². The van der Waals surface area contributed by atoms with Gasteiger partial charge >= 0.3 is 0 Å². The number of anilines is 2. The first kappa shape index (κ1) is 16.9. The lowest BCUT2D eigenvalue weighted by Gasteiger charge is -2.09. The molecule has 2 aromatic carbocycles. The average molecular weight is 356 g/mol. The number of nitrogens with zero attached hydrogens (tertiary/aromatic N) is 1. The van der Waals surface area contributed by atoms with Gasteiger partial charge in [0.25, 0.3) is 5.91 Å². The number of hydrogen-bond acceptors (Lipinski definition) is 3. The summed E-state index contributed by atoms with van der Waals surface area (Å²) in [5.74, 6) is -0.773. The van der Waals surface area contributed by atoms with Crippen LogP contribution in [-0.2, 0) is 6.54 Å². The van der Waals surface area contributed by atoms with Gasteiger partial charge in [0.05, 0.1) is 11.3 Å². The van der Waals surface area contributed by atoms with Crippen LogP contribution in [0.2, 0.25) is 5.02 Å². The van der Waals surface area contributed by atoms with E-state index >= 15 is 0 Å². The summed E-state index contributed by atoms with van der Waals surface area (Å²) in [6.45, 7) is 0.510. The molecule has 25 heavy (non-hydrogen) atoms. The van der Waals surface area contributed by atoms with E-state index in [0.717, 1.165) is 5.56 Å². The Balaban J connectivity index is 1.68. The van der Waals surface area contributed by atoms with Crippen molar-refractivity contribution in [2.45, 2.75) is 6.54 Å². The van der Waals surface area contributed by atoms with Crippen molar-refractivity contribution >= 4 is 28.9 Å². The normalized spacial score (nSPS) is 10.3. The third-order valence-electron chi connectivity index (χ3n) is 3.52. The third-order valence-corrected chi connectivity index (χ3v) is 3.89. The van der Waals surface area contributed by atoms with E-state index in [1.165, 1.54) is 24.4 Å². The second-order valence-electron chi connectivity index (χ2n) is 5.37. The lowest BCUT2D eigenvalue weighted by atomic mass is 10.2. The molecule has 6 heteroatoms. The SMILES string of the molecule is O=C(Nc1cccc(F)c1)c1cncc(NCc2ccccc2Cl)c1. The number of halogens is 2. The highest BCUT2D eigenvalue weighted by Gasteiger charge is 2.08. The van der Waals surface area contributed by atoms with E-state index in [9.17, 15) is 9.18 Å². The largest absolute Gasteiger partial charge is 0.380 e. The fraction of sp³-hybridized carbons (Fsp3) is 0.0526. The summed E-state index contributed by atoms with van der Waals surface area (Å²) >= 11 is 6.12. The molecule has 1 amide bonds. The van der Waals surface area contributed by atoms with E-state index in [2.05, 4.69) is 15.6 Å². The summed E-state index contributed by atoms with van der Waals surface area (Å²) < 4.78 is 13.2. The zero-order valence-electron chi connectivity index (χ0n) is 13.2. The molecule has 0 radical (unpaired) electrons. The average Bonchev–Trinajstić information content (AvgIpc) is 2.61. The molecule has 0 aliphatic heterocycles. The molecule has 0 unspecified atom stereocenters. The lowest BCUT2D eigenvalue weighted by molar-refractivity contribution is 0.102. The van der Waals surface area contributed by atoms with Crippen molar-refractivity contribution in [2.75, 3.05) is 10.6 Å². The molecular formula is C19H15ClFN3O. The van der Waals surface area contributed by atoms with Crippen molar-refractivity contribution in [1.29, 1.82) is 0 Å². The van der Waals surface area contributed by atoms with Crippen molar-refractivity contribution in [3.05, 3.63) is 89.0 Å². The quantitative estimate of drug-likeness (QED) is 0.695. The van der Waals surface area contributed by atoms with Crippen molar-refractivity contribution in [2.24, 2.45) is 0 Å². The monoisotopic (exact) mass is 355 g/mol. The molecule has 0 aliphatic rings. The molecule has 126 valence electrons. The predicted molar refractivity (Wildman–Crippen MR) is 97.4 cm³/mol. The first-order valence-corrected chi connectivity index (χ1v) is 7.99. The van der Waals surface area contributed by atoms with Crippen molar-refractivity contribution in [3.63, 3.8) is 0 Å². The van der Waals surface area contributed by atoms with Crippen LogP contribution in [0.15, 0.2) is 67.0 Å². The highest BCUT2D eigenvalue weighted by atomic mass is 35.5. The fourth-order valence-electron chi connectivity index (χ4n) is 2.27. The fourth-order valence-corrected chi connectivity index (χ4v) is 2.47. The number of nitrogens with one attached hydrogen (secondary N) is 2. The number of aromatic nitrogens is 1. The highest BCUT2D eigenvalue weighted by Crippen LogP contribution is 2.18. The number of amides is 1. The van der Waals surface area contributed by atoms with Crippen molar-refractivity contribution in [1.82, 2.24) is 4.98 Å². The maximum Gasteiger partial charge on any atom is 0.257 e. The molecule has 3 rings (SSSR count). The van der Waals surface area contributed by atoms with E-state index in [1.807, 2.05) is 24.3 Å². The first-order chi connectivity index (χ1) is 12.1. The summed E-state index contributed by atoms with van der Waals surface area (Å²) in [6, 6.07) is 14.9. The zero-order chi connectivity index (χ0) is 17.6. The molecule has 3 aromatic rings. The van der Waals surface area contributed by atoms with Crippen LogP contribution in [0.1, 0.15) is 15.9 Å². The minimum Gasteiger partial charge on any atom is -0.380 e. The number of rotatable bonds is 5. The summed E-state index contributed by atoms with van der Waals surface area (Å²) in [4.78, 5) is 16.4. The Morgan fingerprint density at radius 3 is 2.68 bits per heavy atom. The Morgan fingerprint density at radius 2 is 1.88 bits per heavy atom. The molecule has 0 saturated heterocycles. The lowest BCUT2D eigenvalue weighted by Crippen LogP contribution is -2.13. The molecular weight excluding hydrogens is 341 g/mol. The van der Waals surface area contributed by atoms with Gasteiger partial charge in [0, 0.05) is 29.6 Å². The number of benzene rings is 2. The second kappa shape index (κ2) is 7.77. The van der Waals surface area contributed by atoms with Crippen LogP contribution < -0.4 is 10.6 Å². The molecule has 0 bridgehead atoms. The predicted octanol–water partition coefficient (Wildman–Crippen LogP) is 4.74. The van der Waals surface area contributed by atoms with E-state index < -0.39 is 5.82 Å². The standard InChI is InChI=1S/C19H15ClFN3O/c20-18-7-2-1-4-13(18)11-23-17-8-14(10-22-12-17)19(25)24-16-6-3-5-15(21)9-16/h1-10,12,23H,11H2,(H,24,25). The highest BCUT2D eigenvalue weighted by molar-refractivity contribution is 6.31. The van der Waals surface area contributed by atoms with E-state index in [4.69, 9.17) is 11.6 Å². The second-order valence-corrected chi connectivity index (χ2v) is 5.78. The Bertz CT molecular complexity index is 901. The molecule has 0 saturated carbocycles. The molecule has 0 spiro atoms. The molecule has 1 aromatic heterocycles. The van der Waals surface area contributed by atoms with Crippen LogP contribution in [0, 0.1) is 5.82 Å². The van der Waals surface area contributed by atoms with Gasteiger partial charge in [0.2, 0.25) is 0 Å². The number of hydrogen-bond donors (Lipinski definition) is 2. The van der Waals surface area contributed by atoms with Crippen LogP contribution in [-0.4, -0.2) is 10.9 Å². The minimum absolute atomic E-state index is 0.362. The third kappa shape index (κ3) is 4.55. The topological polar surface area (TPSA) is 54.0 Å². The van der Waals surface area contributed by atoms with Gasteiger partial charge in [-0.05, 0) is 35.9 Å². The minimum atomic E-state index is -0.411. The molecule has 1 heterocycles. The Morgan fingerprint density at radius 1 is 1.04 bits per heavy atom. The van der Waals surface area contributed by atoms with Crippen molar-refractivity contribution < 1.29 is 9.18 Å². The number of carbonyl (C=O) groups is 1. The Labute approximate surface area is 149 Å². The summed E-state index contributed by atoms with van der Waals surface area (Å²) in [6.07, 6.45) is 3.07. The number of carbonyl (C=O) groups excluding carboxylic acids is 1. The maximum atomic E-state index is 13.2. The van der Waals surface area contributed by atoms with Gasteiger partial charge in [0.1, 0.15) is 5.82 Å². The Hall–Kier alpha value is -2.92. The van der Waals surface area contributed by atoms with Gasteiger partial charge in [-0.15, -0.1) is 0 Å². The number of pyridine rings is 1. The summed E-state index contributed by atoms with van der Waals surface area (Å²) in [7, 11) is 0.